The van der Waals surface area contributed by atoms with Crippen molar-refractivity contribution in [1.82, 2.24) is 4.90 Å². The van der Waals surface area contributed by atoms with Gasteiger partial charge in [0.25, 0.3) is 0 Å². The summed E-state index contributed by atoms with van der Waals surface area (Å²) in [6, 6.07) is 16.2. The summed E-state index contributed by atoms with van der Waals surface area (Å²) in [6.45, 7) is 3.96. The molecular formula is C23H29FN2O. The van der Waals surface area contributed by atoms with Gasteiger partial charge in [-0.2, -0.15) is 0 Å². The van der Waals surface area contributed by atoms with Gasteiger partial charge in [0.15, 0.2) is 0 Å². The third-order valence-corrected chi connectivity index (χ3v) is 6.33. The molecule has 0 aromatic heterocycles. The van der Waals surface area contributed by atoms with Gasteiger partial charge in [-0.25, -0.2) is 4.39 Å². The van der Waals surface area contributed by atoms with Crippen LogP contribution in [0.1, 0.15) is 42.7 Å². The van der Waals surface area contributed by atoms with E-state index in [2.05, 4.69) is 28.0 Å². The average molecular weight is 368 g/mol. The van der Waals surface area contributed by atoms with Gasteiger partial charge in [-0.1, -0.05) is 36.4 Å². The fraction of sp³-hybridized carbons (Fsp3) is 0.478. The van der Waals surface area contributed by atoms with E-state index < -0.39 is 0 Å². The Labute approximate surface area is 161 Å². The second-order valence-electron chi connectivity index (χ2n) is 7.88. The molecule has 2 aromatic rings. The third-order valence-electron chi connectivity index (χ3n) is 6.33. The summed E-state index contributed by atoms with van der Waals surface area (Å²) in [5.41, 5.74) is 3.13. The van der Waals surface area contributed by atoms with Crippen molar-refractivity contribution in [2.45, 2.75) is 44.2 Å². The molecule has 27 heavy (non-hydrogen) atoms. The summed E-state index contributed by atoms with van der Waals surface area (Å²) < 4.78 is 14.0. The Morgan fingerprint density at radius 1 is 0.889 bits per heavy atom. The van der Waals surface area contributed by atoms with Gasteiger partial charge in [0, 0.05) is 32.2 Å². The minimum absolute atomic E-state index is 0.114. The van der Waals surface area contributed by atoms with E-state index in [9.17, 15) is 9.50 Å². The first kappa shape index (κ1) is 18.5. The highest BCUT2D eigenvalue weighted by molar-refractivity contribution is 5.48. The van der Waals surface area contributed by atoms with Crippen LogP contribution in [0.25, 0.3) is 0 Å². The van der Waals surface area contributed by atoms with Crippen LogP contribution < -0.4 is 4.90 Å². The zero-order chi connectivity index (χ0) is 18.6. The first-order valence-corrected chi connectivity index (χ1v) is 10.2. The van der Waals surface area contributed by atoms with Crippen LogP contribution >= 0.6 is 0 Å². The molecule has 0 bridgehead atoms. The van der Waals surface area contributed by atoms with Crippen molar-refractivity contribution >= 4 is 5.69 Å². The number of aliphatic hydroxyl groups is 1. The molecule has 0 unspecified atom stereocenters. The van der Waals surface area contributed by atoms with Gasteiger partial charge in [-0.05, 0) is 54.9 Å². The van der Waals surface area contributed by atoms with E-state index in [-0.39, 0.29) is 12.4 Å². The highest BCUT2D eigenvalue weighted by Gasteiger charge is 2.29. The van der Waals surface area contributed by atoms with Crippen molar-refractivity contribution < 1.29 is 9.50 Å². The maximum atomic E-state index is 14.0. The van der Waals surface area contributed by atoms with E-state index in [1.807, 2.05) is 18.2 Å². The lowest BCUT2D eigenvalue weighted by atomic mass is 9.80. The van der Waals surface area contributed by atoms with Crippen LogP contribution in [0.2, 0.25) is 0 Å². The molecule has 1 heterocycles. The molecule has 2 fully saturated rings. The quantitative estimate of drug-likeness (QED) is 0.878. The van der Waals surface area contributed by atoms with Crippen molar-refractivity contribution in [3.05, 3.63) is 65.5 Å². The Morgan fingerprint density at radius 2 is 1.63 bits per heavy atom. The molecule has 1 aliphatic heterocycles. The second-order valence-corrected chi connectivity index (χ2v) is 7.88. The predicted molar refractivity (Wildman–Crippen MR) is 108 cm³/mol. The van der Waals surface area contributed by atoms with E-state index in [0.717, 1.165) is 37.4 Å². The monoisotopic (exact) mass is 368 g/mol. The fourth-order valence-corrected chi connectivity index (χ4v) is 4.76. The normalized spacial score (nSPS) is 24.1. The molecule has 3 nitrogen and oxygen atoms in total. The first-order valence-electron chi connectivity index (χ1n) is 10.2. The van der Waals surface area contributed by atoms with Crippen LogP contribution in [-0.4, -0.2) is 42.2 Å². The number of piperazine rings is 1. The summed E-state index contributed by atoms with van der Waals surface area (Å²) in [6.07, 6.45) is 4.89. The Kier molecular flexibility index (Phi) is 5.74. The Hall–Kier alpha value is -1.91. The largest absolute Gasteiger partial charge is 0.392 e. The van der Waals surface area contributed by atoms with E-state index in [4.69, 9.17) is 0 Å². The summed E-state index contributed by atoms with van der Waals surface area (Å²) >= 11 is 0. The summed E-state index contributed by atoms with van der Waals surface area (Å²) in [7, 11) is 0. The topological polar surface area (TPSA) is 26.7 Å². The lowest BCUT2D eigenvalue weighted by Gasteiger charge is -2.42. The summed E-state index contributed by atoms with van der Waals surface area (Å²) in [5, 5.41) is 9.36. The van der Waals surface area contributed by atoms with Gasteiger partial charge in [-0.15, -0.1) is 0 Å². The van der Waals surface area contributed by atoms with E-state index in [1.165, 1.54) is 31.2 Å². The maximum absolute atomic E-state index is 14.0. The molecule has 4 heteroatoms. The molecule has 144 valence electrons. The lowest BCUT2D eigenvalue weighted by Crippen LogP contribution is -2.51. The number of hydrogen-bond donors (Lipinski definition) is 1. The van der Waals surface area contributed by atoms with Crippen molar-refractivity contribution in [1.29, 1.82) is 0 Å². The summed E-state index contributed by atoms with van der Waals surface area (Å²) in [5.74, 6) is 0.504. The van der Waals surface area contributed by atoms with Crippen LogP contribution in [-0.2, 0) is 6.61 Å². The zero-order valence-corrected chi connectivity index (χ0v) is 15.9. The van der Waals surface area contributed by atoms with Gasteiger partial charge in [0.2, 0.25) is 0 Å². The van der Waals surface area contributed by atoms with Crippen LogP contribution in [0.3, 0.4) is 0 Å². The number of para-hydroxylation sites is 1. The van der Waals surface area contributed by atoms with Gasteiger partial charge < -0.3 is 10.0 Å². The van der Waals surface area contributed by atoms with E-state index in [1.54, 1.807) is 12.1 Å². The Bertz CT molecular complexity index is 750. The van der Waals surface area contributed by atoms with E-state index in [0.29, 0.717) is 12.0 Å². The third kappa shape index (κ3) is 4.17. The number of anilines is 1. The van der Waals surface area contributed by atoms with Crippen molar-refractivity contribution in [3.63, 3.8) is 0 Å². The van der Waals surface area contributed by atoms with Gasteiger partial charge >= 0.3 is 0 Å². The number of nitrogens with zero attached hydrogens (tertiary/aromatic N) is 2. The van der Waals surface area contributed by atoms with Crippen LogP contribution in [0.15, 0.2) is 48.5 Å². The Morgan fingerprint density at radius 3 is 2.33 bits per heavy atom. The molecular weight excluding hydrogens is 339 g/mol. The van der Waals surface area contributed by atoms with Crippen molar-refractivity contribution in [2.24, 2.45) is 0 Å². The molecule has 2 aliphatic rings. The van der Waals surface area contributed by atoms with E-state index >= 15 is 0 Å². The standard InChI is InChI=1S/C23H29FN2O/c24-22-6-1-2-7-23(22)26-14-12-25(13-15-26)21-10-8-19(9-11-21)20-5-3-4-18(16-20)17-27/h1-7,16,19,21,27H,8-15,17H2. The van der Waals surface area contributed by atoms with Crippen LogP contribution in [0.5, 0.6) is 0 Å². The molecule has 1 saturated heterocycles. The number of benzene rings is 2. The molecule has 4 rings (SSSR count). The second kappa shape index (κ2) is 8.41. The Balaban J connectivity index is 1.30. The minimum atomic E-state index is -0.114. The molecule has 1 aliphatic carbocycles. The number of aliphatic hydroxyl groups excluding tert-OH is 1. The van der Waals surface area contributed by atoms with Crippen LogP contribution in [0.4, 0.5) is 10.1 Å². The SMILES string of the molecule is OCc1cccc(C2CCC(N3CCN(c4ccccc4F)CC3)CC2)c1. The molecule has 2 aromatic carbocycles. The molecule has 0 radical (unpaired) electrons. The highest BCUT2D eigenvalue weighted by atomic mass is 19.1. The van der Waals surface area contributed by atoms with Crippen molar-refractivity contribution in [3.8, 4) is 0 Å². The molecule has 0 amide bonds. The average Bonchev–Trinajstić information content (AvgIpc) is 2.74. The number of hydrogen-bond acceptors (Lipinski definition) is 3. The fourth-order valence-electron chi connectivity index (χ4n) is 4.76. The first-order chi connectivity index (χ1) is 13.2. The molecule has 1 saturated carbocycles. The van der Waals surface area contributed by atoms with Gasteiger partial charge in [0.1, 0.15) is 5.82 Å². The number of halogens is 1. The summed E-state index contributed by atoms with van der Waals surface area (Å²) in [4.78, 5) is 4.79. The highest BCUT2D eigenvalue weighted by Crippen LogP contribution is 2.35. The molecule has 0 atom stereocenters. The smallest absolute Gasteiger partial charge is 0.146 e. The van der Waals surface area contributed by atoms with Crippen molar-refractivity contribution in [2.75, 3.05) is 31.1 Å². The van der Waals surface area contributed by atoms with Crippen LogP contribution in [0, 0.1) is 5.82 Å². The predicted octanol–water partition coefficient (Wildman–Crippen LogP) is 4.17. The van der Waals surface area contributed by atoms with Gasteiger partial charge in [0.05, 0.1) is 12.3 Å². The molecule has 1 N–H and O–H groups in total. The zero-order valence-electron chi connectivity index (χ0n) is 15.9. The minimum Gasteiger partial charge on any atom is -0.392 e. The molecule has 0 spiro atoms. The lowest BCUT2D eigenvalue weighted by molar-refractivity contribution is 0.141. The maximum Gasteiger partial charge on any atom is 0.146 e. The van der Waals surface area contributed by atoms with Gasteiger partial charge in [-0.3, -0.25) is 4.90 Å². The number of rotatable bonds is 4.